The number of hydrogen-bond acceptors (Lipinski definition) is 3. The molecule has 0 aromatic carbocycles. The average Bonchev–Trinajstić information content (AvgIpc) is 1.79. The molecular weight excluding hydrogens is 208 g/mol. The number of rotatable bonds is 3. The van der Waals surface area contributed by atoms with Crippen LogP contribution in [-0.4, -0.2) is 42.4 Å². The normalized spacial score (nSPS) is 12.6. The maximum absolute atomic E-state index is 10.8. The highest BCUT2D eigenvalue weighted by molar-refractivity contribution is 7.89. The molecule has 0 unspecified atom stereocenters. The summed E-state index contributed by atoms with van der Waals surface area (Å²) in [5.41, 5.74) is -0.628. The first-order chi connectivity index (χ1) is 6.04. The molecule has 0 bridgehead atoms. The second-order valence-corrected chi connectivity index (χ2v) is 5.71. The molecule has 84 valence electrons. The second-order valence-electron chi connectivity index (χ2n) is 3.97. The Morgan fingerprint density at radius 3 is 2.07 bits per heavy atom. The molecule has 0 aromatic heterocycles. The summed E-state index contributed by atoms with van der Waals surface area (Å²) in [4.78, 5) is 11.8. The Labute approximate surface area is 83.7 Å². The summed E-state index contributed by atoms with van der Waals surface area (Å²) < 4.78 is 21.3. The number of sulfonamides is 1. The van der Waals surface area contributed by atoms with Gasteiger partial charge in [-0.15, -0.1) is 0 Å². The van der Waals surface area contributed by atoms with E-state index in [1.54, 1.807) is 20.8 Å². The molecule has 0 saturated heterocycles. The van der Waals surface area contributed by atoms with Crippen molar-refractivity contribution in [3.8, 4) is 0 Å². The molecule has 0 rings (SSSR count). The minimum atomic E-state index is -3.62. The van der Waals surface area contributed by atoms with E-state index in [2.05, 4.69) is 0 Å². The van der Waals surface area contributed by atoms with Crippen LogP contribution in [0.25, 0.3) is 0 Å². The summed E-state index contributed by atoms with van der Waals surface area (Å²) in [6, 6.07) is 0. The maximum Gasteiger partial charge on any atom is 0.407 e. The van der Waals surface area contributed by atoms with Crippen molar-refractivity contribution >= 4 is 16.1 Å². The maximum atomic E-state index is 10.8. The molecule has 0 fully saturated rings. The van der Waals surface area contributed by atoms with Crippen molar-refractivity contribution in [2.45, 2.75) is 26.3 Å². The summed E-state index contributed by atoms with van der Waals surface area (Å²) in [6.45, 7) is 4.94. The molecule has 0 spiro atoms. The number of carbonyl (C=O) groups is 1. The fourth-order valence-corrected chi connectivity index (χ4v) is 1.37. The van der Waals surface area contributed by atoms with Crippen LogP contribution in [0.3, 0.4) is 0 Å². The summed E-state index contributed by atoms with van der Waals surface area (Å²) in [5.74, 6) is -0.365. The number of nitrogens with zero attached hydrogens (tertiary/aromatic N) is 1. The van der Waals surface area contributed by atoms with Crippen LogP contribution in [0.15, 0.2) is 0 Å². The van der Waals surface area contributed by atoms with Gasteiger partial charge in [-0.1, -0.05) is 0 Å². The van der Waals surface area contributed by atoms with Gasteiger partial charge in [-0.25, -0.2) is 18.4 Å². The van der Waals surface area contributed by atoms with Crippen LogP contribution in [0, 0.1) is 0 Å². The number of carboxylic acid groups (broad SMARTS) is 1. The third-order valence-corrected chi connectivity index (χ3v) is 2.39. The van der Waals surface area contributed by atoms with Gasteiger partial charge in [-0.05, 0) is 20.8 Å². The van der Waals surface area contributed by atoms with Gasteiger partial charge in [0, 0.05) is 12.1 Å². The smallest absolute Gasteiger partial charge is 0.407 e. The van der Waals surface area contributed by atoms with Crippen LogP contribution in [-0.2, 0) is 10.0 Å². The summed E-state index contributed by atoms with van der Waals surface area (Å²) in [5, 5.41) is 13.6. The van der Waals surface area contributed by atoms with E-state index in [0.717, 1.165) is 4.90 Å². The fourth-order valence-electron chi connectivity index (χ4n) is 0.937. The van der Waals surface area contributed by atoms with Gasteiger partial charge in [0.15, 0.2) is 0 Å². The Bertz CT molecular complexity index is 304. The van der Waals surface area contributed by atoms with E-state index in [9.17, 15) is 13.2 Å². The lowest BCUT2D eigenvalue weighted by Crippen LogP contribution is -2.47. The largest absolute Gasteiger partial charge is 0.465 e. The van der Waals surface area contributed by atoms with Crippen LogP contribution in [0.5, 0.6) is 0 Å². The van der Waals surface area contributed by atoms with Gasteiger partial charge in [0.05, 0.1) is 5.75 Å². The molecule has 0 saturated carbocycles. The second kappa shape index (κ2) is 4.14. The van der Waals surface area contributed by atoms with E-state index in [0.29, 0.717) is 0 Å². The van der Waals surface area contributed by atoms with E-state index < -0.39 is 21.7 Å². The van der Waals surface area contributed by atoms with Crippen LogP contribution in [0.1, 0.15) is 20.8 Å². The molecule has 14 heavy (non-hydrogen) atoms. The molecule has 0 atom stereocenters. The third kappa shape index (κ3) is 5.03. The highest BCUT2D eigenvalue weighted by Crippen LogP contribution is 2.12. The van der Waals surface area contributed by atoms with E-state index in [1.165, 1.54) is 0 Å². The summed E-state index contributed by atoms with van der Waals surface area (Å²) in [6.07, 6.45) is -1.15. The Kier molecular flexibility index (Phi) is 3.90. The first-order valence-electron chi connectivity index (χ1n) is 4.05. The SMILES string of the molecule is CC(C)(C)N(CCS(N)(=O)=O)C(=O)O. The van der Waals surface area contributed by atoms with Crippen LogP contribution in [0.2, 0.25) is 0 Å². The van der Waals surface area contributed by atoms with Crippen molar-refractivity contribution in [3.05, 3.63) is 0 Å². The zero-order valence-corrected chi connectivity index (χ0v) is 9.34. The molecule has 1 amide bonds. The number of nitrogens with two attached hydrogens (primary N) is 1. The Morgan fingerprint density at radius 2 is 1.86 bits per heavy atom. The molecule has 0 aliphatic rings. The van der Waals surface area contributed by atoms with Crippen molar-refractivity contribution in [2.24, 2.45) is 5.14 Å². The summed E-state index contributed by atoms with van der Waals surface area (Å²) in [7, 11) is -3.62. The van der Waals surface area contributed by atoms with Crippen LogP contribution >= 0.6 is 0 Å². The quantitative estimate of drug-likeness (QED) is 0.707. The Hall–Kier alpha value is -0.820. The van der Waals surface area contributed by atoms with Crippen LogP contribution in [0.4, 0.5) is 4.79 Å². The average molecular weight is 224 g/mol. The Morgan fingerprint density at radius 1 is 1.43 bits per heavy atom. The van der Waals surface area contributed by atoms with E-state index >= 15 is 0 Å². The zero-order chi connectivity index (χ0) is 11.6. The van der Waals surface area contributed by atoms with Gasteiger partial charge in [0.25, 0.3) is 0 Å². The third-order valence-electron chi connectivity index (χ3n) is 1.64. The molecule has 0 aromatic rings. The first-order valence-corrected chi connectivity index (χ1v) is 5.76. The molecule has 0 heterocycles. The predicted molar refractivity (Wildman–Crippen MR) is 52.5 cm³/mol. The van der Waals surface area contributed by atoms with Crippen LogP contribution < -0.4 is 5.14 Å². The monoisotopic (exact) mass is 224 g/mol. The number of amides is 1. The topological polar surface area (TPSA) is 101 Å². The molecule has 7 heteroatoms. The lowest BCUT2D eigenvalue weighted by molar-refractivity contribution is 0.105. The zero-order valence-electron chi connectivity index (χ0n) is 8.52. The van der Waals surface area contributed by atoms with Gasteiger partial charge in [0.1, 0.15) is 0 Å². The minimum Gasteiger partial charge on any atom is -0.465 e. The predicted octanol–water partition coefficient (Wildman–Crippen LogP) is 0.0534. The standard InChI is InChI=1S/C7H16N2O4S/c1-7(2,3)9(6(10)11)4-5-14(8,12)13/h4-5H2,1-3H3,(H,10,11)(H2,8,12,13). The molecular formula is C7H16N2O4S. The van der Waals surface area contributed by atoms with E-state index in [-0.39, 0.29) is 12.3 Å². The van der Waals surface area contributed by atoms with E-state index in [1.807, 2.05) is 0 Å². The lowest BCUT2D eigenvalue weighted by Gasteiger charge is -2.32. The van der Waals surface area contributed by atoms with E-state index in [4.69, 9.17) is 10.2 Å². The van der Waals surface area contributed by atoms with Gasteiger partial charge >= 0.3 is 6.09 Å². The first kappa shape index (κ1) is 13.2. The molecule has 0 aliphatic carbocycles. The molecule has 3 N–H and O–H groups in total. The van der Waals surface area contributed by atoms with Gasteiger partial charge < -0.3 is 10.0 Å². The van der Waals surface area contributed by atoms with Gasteiger partial charge in [0.2, 0.25) is 10.0 Å². The van der Waals surface area contributed by atoms with Crippen molar-refractivity contribution in [2.75, 3.05) is 12.3 Å². The highest BCUT2D eigenvalue weighted by Gasteiger charge is 2.26. The van der Waals surface area contributed by atoms with Gasteiger partial charge in [-0.3, -0.25) is 0 Å². The van der Waals surface area contributed by atoms with Crippen molar-refractivity contribution < 1.29 is 18.3 Å². The molecule has 0 aliphatic heterocycles. The fraction of sp³-hybridized carbons (Fsp3) is 0.857. The number of hydrogen-bond donors (Lipinski definition) is 2. The lowest BCUT2D eigenvalue weighted by atomic mass is 10.1. The number of primary sulfonamides is 1. The molecule has 0 radical (unpaired) electrons. The van der Waals surface area contributed by atoms with Crippen molar-refractivity contribution in [1.29, 1.82) is 0 Å². The van der Waals surface area contributed by atoms with Gasteiger partial charge in [-0.2, -0.15) is 0 Å². The van der Waals surface area contributed by atoms with Crippen molar-refractivity contribution in [3.63, 3.8) is 0 Å². The minimum absolute atomic E-state index is 0.113. The highest BCUT2D eigenvalue weighted by atomic mass is 32.2. The summed E-state index contributed by atoms with van der Waals surface area (Å²) >= 11 is 0. The van der Waals surface area contributed by atoms with Crippen molar-refractivity contribution in [1.82, 2.24) is 4.90 Å². The Balaban J connectivity index is 4.50. The molecule has 6 nitrogen and oxygen atoms in total.